The zero-order chi connectivity index (χ0) is 25.8. The maximum absolute atomic E-state index is 13.1. The summed E-state index contributed by atoms with van der Waals surface area (Å²) in [7, 11) is 1.57. The predicted molar refractivity (Wildman–Crippen MR) is 148 cm³/mol. The molecule has 3 aromatic carbocycles. The molecule has 0 unspecified atom stereocenters. The van der Waals surface area contributed by atoms with Crippen LogP contribution in [0.15, 0.2) is 83.0 Å². The van der Waals surface area contributed by atoms with Crippen molar-refractivity contribution in [2.24, 2.45) is 4.99 Å². The number of carbonyl (C=O) groups is 2. The van der Waals surface area contributed by atoms with Crippen molar-refractivity contribution in [1.82, 2.24) is 4.90 Å². The van der Waals surface area contributed by atoms with E-state index in [2.05, 4.69) is 10.2 Å². The highest BCUT2D eigenvalue weighted by molar-refractivity contribution is 8.13. The van der Waals surface area contributed by atoms with Crippen molar-refractivity contribution in [2.45, 2.75) is 19.4 Å². The minimum Gasteiger partial charge on any atom is -0.460 e. The topological polar surface area (TPSA) is 80.2 Å². The van der Waals surface area contributed by atoms with Crippen molar-refractivity contribution in [3.8, 4) is 0 Å². The lowest BCUT2D eigenvalue weighted by atomic mass is 9.94. The Morgan fingerprint density at radius 3 is 2.62 bits per heavy atom. The van der Waals surface area contributed by atoms with Gasteiger partial charge < -0.3 is 19.7 Å². The molecular formula is C29H29N3O4S. The first-order chi connectivity index (χ1) is 18.0. The molecule has 0 spiro atoms. The normalized spacial score (nSPS) is 17.3. The number of fused-ring (bicyclic) bond motifs is 2. The number of allylic oxidation sites excluding steroid dienone is 1. The second-order valence-corrected chi connectivity index (χ2v) is 10.0. The van der Waals surface area contributed by atoms with Crippen LogP contribution in [0.4, 0.5) is 5.69 Å². The average molecular weight is 516 g/mol. The van der Waals surface area contributed by atoms with E-state index in [-0.39, 0.29) is 24.5 Å². The van der Waals surface area contributed by atoms with Crippen LogP contribution in [0.25, 0.3) is 10.8 Å². The number of nitrogens with zero attached hydrogens (tertiary/aromatic N) is 2. The van der Waals surface area contributed by atoms with Crippen LogP contribution in [0.2, 0.25) is 0 Å². The summed E-state index contributed by atoms with van der Waals surface area (Å²) in [6, 6.07) is 21.0. The number of benzene rings is 3. The van der Waals surface area contributed by atoms with Gasteiger partial charge in [0.2, 0.25) is 0 Å². The number of thioether (sulfide) groups is 1. The number of nitrogens with one attached hydrogen (secondary N) is 1. The van der Waals surface area contributed by atoms with E-state index in [0.717, 1.165) is 40.2 Å². The zero-order valence-electron chi connectivity index (χ0n) is 20.9. The molecule has 3 aromatic rings. The number of rotatable bonds is 7. The van der Waals surface area contributed by atoms with Crippen molar-refractivity contribution in [1.29, 1.82) is 0 Å². The van der Waals surface area contributed by atoms with Gasteiger partial charge in [0.25, 0.3) is 5.91 Å². The number of hydrogen-bond donors (Lipinski definition) is 1. The van der Waals surface area contributed by atoms with Crippen molar-refractivity contribution < 1.29 is 19.1 Å². The highest BCUT2D eigenvalue weighted by atomic mass is 32.2. The lowest BCUT2D eigenvalue weighted by Gasteiger charge is -2.40. The Labute approximate surface area is 220 Å². The minimum atomic E-state index is -0.383. The molecule has 8 heteroatoms. The molecule has 1 atom stereocenters. The molecular weight excluding hydrogens is 486 g/mol. The summed E-state index contributed by atoms with van der Waals surface area (Å²) >= 11 is 1.71. The van der Waals surface area contributed by atoms with Gasteiger partial charge in [-0.2, -0.15) is 0 Å². The van der Waals surface area contributed by atoms with Gasteiger partial charge in [-0.3, -0.25) is 4.79 Å². The number of amidine groups is 1. The Hall–Kier alpha value is -3.62. The largest absolute Gasteiger partial charge is 0.460 e. The number of esters is 1. The molecule has 2 aliphatic rings. The van der Waals surface area contributed by atoms with Gasteiger partial charge in [-0.1, -0.05) is 54.2 Å². The summed E-state index contributed by atoms with van der Waals surface area (Å²) < 4.78 is 10.5. The van der Waals surface area contributed by atoms with Gasteiger partial charge in [0.1, 0.15) is 6.61 Å². The Kier molecular flexibility index (Phi) is 7.58. The summed E-state index contributed by atoms with van der Waals surface area (Å²) in [5.41, 5.74) is 3.43. The number of amides is 1. The number of aliphatic imine (C=N–C) groups is 1. The van der Waals surface area contributed by atoms with E-state index in [4.69, 9.17) is 14.5 Å². The lowest BCUT2D eigenvalue weighted by Crippen LogP contribution is -2.42. The van der Waals surface area contributed by atoms with E-state index < -0.39 is 0 Å². The van der Waals surface area contributed by atoms with Crippen LogP contribution in [0.5, 0.6) is 0 Å². The Morgan fingerprint density at radius 2 is 1.84 bits per heavy atom. The fourth-order valence-electron chi connectivity index (χ4n) is 4.65. The smallest absolute Gasteiger partial charge is 0.338 e. The fourth-order valence-corrected chi connectivity index (χ4v) is 5.67. The molecule has 2 heterocycles. The van der Waals surface area contributed by atoms with E-state index >= 15 is 0 Å². The first kappa shape index (κ1) is 25.0. The molecule has 0 bridgehead atoms. The number of ether oxygens (including phenoxy) is 2. The Bertz CT molecular complexity index is 1380. The van der Waals surface area contributed by atoms with Crippen LogP contribution in [-0.4, -0.2) is 54.6 Å². The number of hydrogen-bond acceptors (Lipinski definition) is 7. The quantitative estimate of drug-likeness (QED) is 0.335. The highest BCUT2D eigenvalue weighted by Crippen LogP contribution is 2.40. The number of methoxy groups -OCH3 is 1. The van der Waals surface area contributed by atoms with E-state index in [1.54, 1.807) is 18.9 Å². The van der Waals surface area contributed by atoms with Gasteiger partial charge in [0.15, 0.2) is 5.17 Å². The average Bonchev–Trinajstić information content (AvgIpc) is 2.92. The van der Waals surface area contributed by atoms with Gasteiger partial charge in [-0.15, -0.1) is 0 Å². The third kappa shape index (κ3) is 5.40. The predicted octanol–water partition coefficient (Wildman–Crippen LogP) is 5.41. The van der Waals surface area contributed by atoms with E-state index in [1.807, 2.05) is 73.7 Å². The van der Waals surface area contributed by atoms with Crippen LogP contribution in [0.3, 0.4) is 0 Å². The van der Waals surface area contributed by atoms with Crippen LogP contribution in [-0.2, 0) is 14.3 Å². The summed E-state index contributed by atoms with van der Waals surface area (Å²) in [6.45, 7) is 3.18. The van der Waals surface area contributed by atoms with Crippen LogP contribution >= 0.6 is 11.8 Å². The Balaban J connectivity index is 1.38. The SMILES string of the molecule is COCCOC(=O)C1=C(C)N=C2SCCCN2[C@H]1c1ccc(NC(=O)c2ccc3ccccc3c2)cc1. The van der Waals surface area contributed by atoms with Crippen molar-refractivity contribution in [2.75, 3.05) is 37.9 Å². The maximum Gasteiger partial charge on any atom is 0.338 e. The maximum atomic E-state index is 13.1. The van der Waals surface area contributed by atoms with Crippen LogP contribution in [0, 0.1) is 0 Å². The molecule has 0 aromatic heterocycles. The monoisotopic (exact) mass is 515 g/mol. The summed E-state index contributed by atoms with van der Waals surface area (Å²) in [5.74, 6) is 0.450. The highest BCUT2D eigenvalue weighted by Gasteiger charge is 2.37. The molecule has 2 aliphatic heterocycles. The molecule has 1 amide bonds. The van der Waals surface area contributed by atoms with E-state index in [9.17, 15) is 9.59 Å². The molecule has 5 rings (SSSR count). The zero-order valence-corrected chi connectivity index (χ0v) is 21.7. The van der Waals surface area contributed by atoms with Gasteiger partial charge in [0.05, 0.1) is 23.9 Å². The summed E-state index contributed by atoms with van der Waals surface area (Å²) in [6.07, 6.45) is 1.01. The molecule has 190 valence electrons. The number of carbonyl (C=O) groups excluding carboxylic acids is 2. The molecule has 0 saturated carbocycles. The van der Waals surface area contributed by atoms with Crippen molar-refractivity contribution in [3.63, 3.8) is 0 Å². The molecule has 1 fully saturated rings. The van der Waals surface area contributed by atoms with Crippen LogP contribution < -0.4 is 5.32 Å². The molecule has 0 aliphatic carbocycles. The third-order valence-corrected chi connectivity index (χ3v) is 7.57. The Morgan fingerprint density at radius 1 is 1.05 bits per heavy atom. The standard InChI is InChI=1S/C29H29N3O4S/c1-19-25(28(34)36-16-15-35-2)26(32-14-5-17-37-29(32)30-19)21-10-12-24(13-11-21)31-27(33)23-9-8-20-6-3-4-7-22(20)18-23/h3-4,6-13,18,26H,5,14-17H2,1-2H3,(H,31,33)/t26-/m0/s1. The van der Waals surface area contributed by atoms with Gasteiger partial charge in [-0.05, 0) is 53.9 Å². The minimum absolute atomic E-state index is 0.170. The number of anilines is 1. The van der Waals surface area contributed by atoms with Gasteiger partial charge in [0, 0.05) is 30.7 Å². The third-order valence-electron chi connectivity index (χ3n) is 6.49. The first-order valence-electron chi connectivity index (χ1n) is 12.3. The van der Waals surface area contributed by atoms with Crippen LogP contribution in [0.1, 0.15) is 35.3 Å². The van der Waals surface area contributed by atoms with Crippen molar-refractivity contribution >= 4 is 45.3 Å². The second kappa shape index (κ2) is 11.2. The molecule has 0 radical (unpaired) electrons. The molecule has 7 nitrogen and oxygen atoms in total. The second-order valence-electron chi connectivity index (χ2n) is 8.96. The lowest BCUT2D eigenvalue weighted by molar-refractivity contribution is -0.141. The van der Waals surface area contributed by atoms with E-state index in [0.29, 0.717) is 29.1 Å². The molecule has 1 N–H and O–H groups in total. The van der Waals surface area contributed by atoms with E-state index in [1.165, 1.54) is 0 Å². The molecule has 37 heavy (non-hydrogen) atoms. The fraction of sp³-hybridized carbons (Fsp3) is 0.276. The van der Waals surface area contributed by atoms with Crippen molar-refractivity contribution in [3.05, 3.63) is 89.1 Å². The summed E-state index contributed by atoms with van der Waals surface area (Å²) in [4.78, 5) is 32.9. The van der Waals surface area contributed by atoms with Gasteiger partial charge >= 0.3 is 5.97 Å². The summed E-state index contributed by atoms with van der Waals surface area (Å²) in [5, 5.41) is 6.03. The first-order valence-corrected chi connectivity index (χ1v) is 13.3. The molecule has 1 saturated heterocycles. The van der Waals surface area contributed by atoms with Gasteiger partial charge in [-0.25, -0.2) is 9.79 Å².